The maximum absolute atomic E-state index is 12.2. The molecule has 1 atom stereocenters. The number of aliphatic hydroxyl groups is 1. The fourth-order valence-electron chi connectivity index (χ4n) is 2.51. The van der Waals surface area contributed by atoms with Crippen LogP contribution >= 0.6 is 0 Å². The lowest BCUT2D eigenvalue weighted by molar-refractivity contribution is -0.154. The Labute approximate surface area is 117 Å². The zero-order chi connectivity index (χ0) is 15.2. The summed E-state index contributed by atoms with van der Waals surface area (Å²) >= 11 is 0. The van der Waals surface area contributed by atoms with Crippen molar-refractivity contribution in [2.45, 2.75) is 50.7 Å². The van der Waals surface area contributed by atoms with E-state index in [4.69, 9.17) is 10.3 Å². The molecule has 1 aliphatic rings. The highest BCUT2D eigenvalue weighted by Crippen LogP contribution is 2.32. The number of ether oxygens (including phenoxy) is 2. The number of carbonyl (C=O) groups is 2. The van der Waals surface area contributed by atoms with Crippen LogP contribution in [0.4, 0.5) is 0 Å². The van der Waals surface area contributed by atoms with Gasteiger partial charge in [0.15, 0.2) is 6.10 Å². The number of methoxy groups -OCH3 is 1. The molecule has 0 aromatic heterocycles. The second-order valence-corrected chi connectivity index (χ2v) is 4.81. The third-order valence-corrected chi connectivity index (χ3v) is 3.48. The van der Waals surface area contributed by atoms with Gasteiger partial charge in [-0.15, -0.1) is 0 Å². The average Bonchev–Trinajstić information content (AvgIpc) is 2.41. The lowest BCUT2D eigenvalue weighted by Crippen LogP contribution is -2.53. The van der Waals surface area contributed by atoms with Gasteiger partial charge in [0.05, 0.1) is 12.2 Å². The number of ketones is 1. The summed E-state index contributed by atoms with van der Waals surface area (Å²) in [6.07, 6.45) is 2.09. The largest absolute Gasteiger partial charge is 0.457 e. The van der Waals surface area contributed by atoms with Gasteiger partial charge < -0.3 is 20.1 Å². The molecular formula is C13H20N2O5. The Morgan fingerprint density at radius 1 is 1.35 bits per heavy atom. The van der Waals surface area contributed by atoms with Gasteiger partial charge in [0, 0.05) is 7.11 Å². The third kappa shape index (κ3) is 3.50. The van der Waals surface area contributed by atoms with E-state index in [1.165, 1.54) is 7.11 Å². The molecule has 0 saturated heterocycles. The van der Waals surface area contributed by atoms with Crippen LogP contribution in [0.5, 0.6) is 0 Å². The molecule has 0 radical (unpaired) electrons. The van der Waals surface area contributed by atoms with E-state index in [2.05, 4.69) is 9.53 Å². The van der Waals surface area contributed by atoms with Gasteiger partial charge in [-0.3, -0.25) is 4.79 Å². The average molecular weight is 284 g/mol. The Kier molecular flexibility index (Phi) is 6.01. The van der Waals surface area contributed by atoms with Crippen LogP contribution in [-0.4, -0.2) is 52.8 Å². The van der Waals surface area contributed by atoms with Crippen molar-refractivity contribution in [2.75, 3.05) is 13.7 Å². The van der Waals surface area contributed by atoms with Crippen molar-refractivity contribution in [3.8, 4) is 0 Å². The highest BCUT2D eigenvalue weighted by Gasteiger charge is 2.48. The van der Waals surface area contributed by atoms with Gasteiger partial charge in [0.25, 0.3) is 5.78 Å². The van der Waals surface area contributed by atoms with Crippen molar-refractivity contribution < 1.29 is 29.0 Å². The van der Waals surface area contributed by atoms with E-state index in [9.17, 15) is 14.7 Å². The van der Waals surface area contributed by atoms with Crippen molar-refractivity contribution in [1.82, 2.24) is 0 Å². The summed E-state index contributed by atoms with van der Waals surface area (Å²) in [6, 6.07) is 0. The molecule has 0 amide bonds. The molecule has 1 saturated carbocycles. The number of Topliss-reactive ketones (excluding diaryl/α,β-unsaturated/α-hetero) is 1. The SMILES string of the molecule is CCOC(=O)C(=[N+]=[N-])C(=O)C(OC)C1(O)CCCCC1. The van der Waals surface area contributed by atoms with Gasteiger partial charge in [-0.25, -0.2) is 4.79 Å². The summed E-state index contributed by atoms with van der Waals surface area (Å²) in [6.45, 7) is 1.62. The Morgan fingerprint density at radius 2 is 1.95 bits per heavy atom. The summed E-state index contributed by atoms with van der Waals surface area (Å²) in [7, 11) is 1.27. The maximum atomic E-state index is 12.2. The van der Waals surface area contributed by atoms with Crippen LogP contribution < -0.4 is 0 Å². The quantitative estimate of drug-likeness (QED) is 0.251. The Morgan fingerprint density at radius 3 is 2.40 bits per heavy atom. The van der Waals surface area contributed by atoms with Crippen molar-refractivity contribution in [3.05, 3.63) is 5.53 Å². The molecule has 1 aliphatic carbocycles. The lowest BCUT2D eigenvalue weighted by Gasteiger charge is -2.36. The molecule has 7 nitrogen and oxygen atoms in total. The number of hydrogen-bond acceptors (Lipinski definition) is 5. The zero-order valence-electron chi connectivity index (χ0n) is 11.8. The predicted octanol–water partition coefficient (Wildman–Crippen LogP) is 0.500. The van der Waals surface area contributed by atoms with E-state index in [0.717, 1.165) is 19.3 Å². The van der Waals surface area contributed by atoms with Crippen molar-refractivity contribution in [3.63, 3.8) is 0 Å². The van der Waals surface area contributed by atoms with Crippen LogP contribution in [0.1, 0.15) is 39.0 Å². The maximum Gasteiger partial charge on any atom is 0.444 e. The first kappa shape index (κ1) is 16.5. The van der Waals surface area contributed by atoms with Gasteiger partial charge in [-0.05, 0) is 19.8 Å². The summed E-state index contributed by atoms with van der Waals surface area (Å²) in [4.78, 5) is 26.5. The van der Waals surface area contributed by atoms with E-state index in [-0.39, 0.29) is 6.61 Å². The summed E-state index contributed by atoms with van der Waals surface area (Å²) in [5, 5.41) is 10.5. The topological polar surface area (TPSA) is 109 Å². The molecule has 112 valence electrons. The van der Waals surface area contributed by atoms with Crippen LogP contribution in [0.15, 0.2) is 0 Å². The third-order valence-electron chi connectivity index (χ3n) is 3.48. The van der Waals surface area contributed by atoms with Crippen LogP contribution in [0, 0.1) is 0 Å². The standard InChI is InChI=1S/C13H20N2O5/c1-3-20-12(17)9(15-14)10(16)11(19-2)13(18)7-5-4-6-8-13/h11,18H,3-8H2,1-2H3. The van der Waals surface area contributed by atoms with Crippen LogP contribution in [-0.2, 0) is 19.1 Å². The zero-order valence-corrected chi connectivity index (χ0v) is 11.8. The summed E-state index contributed by atoms with van der Waals surface area (Å²) in [5.74, 6) is -1.89. The van der Waals surface area contributed by atoms with Crippen molar-refractivity contribution in [2.24, 2.45) is 0 Å². The van der Waals surface area contributed by atoms with E-state index in [1.54, 1.807) is 6.92 Å². The number of hydrogen-bond donors (Lipinski definition) is 1. The molecule has 0 spiro atoms. The first-order valence-electron chi connectivity index (χ1n) is 6.68. The summed E-state index contributed by atoms with van der Waals surface area (Å²) in [5.41, 5.74) is 6.76. The van der Waals surface area contributed by atoms with Gasteiger partial charge >= 0.3 is 11.7 Å². The van der Waals surface area contributed by atoms with Crippen molar-refractivity contribution in [1.29, 1.82) is 0 Å². The molecule has 7 heteroatoms. The van der Waals surface area contributed by atoms with Crippen LogP contribution in [0.3, 0.4) is 0 Å². The minimum atomic E-state index is -1.34. The lowest BCUT2D eigenvalue weighted by atomic mass is 9.78. The Balaban J connectivity index is 2.96. The molecule has 1 N–H and O–H groups in total. The van der Waals surface area contributed by atoms with E-state index >= 15 is 0 Å². The summed E-state index contributed by atoms with van der Waals surface area (Å²) < 4.78 is 9.71. The first-order chi connectivity index (χ1) is 9.50. The van der Waals surface area contributed by atoms with Crippen LogP contribution in [0.25, 0.3) is 5.53 Å². The minimum absolute atomic E-state index is 0.0487. The monoisotopic (exact) mass is 284 g/mol. The Bertz CT molecular complexity index is 422. The molecule has 0 aliphatic heterocycles. The minimum Gasteiger partial charge on any atom is -0.457 e. The first-order valence-corrected chi connectivity index (χ1v) is 6.68. The van der Waals surface area contributed by atoms with E-state index < -0.39 is 29.2 Å². The van der Waals surface area contributed by atoms with Gasteiger partial charge in [0.1, 0.15) is 0 Å². The molecule has 1 unspecified atom stereocenters. The van der Waals surface area contributed by atoms with E-state index in [1.807, 2.05) is 0 Å². The van der Waals surface area contributed by atoms with Crippen molar-refractivity contribution >= 4 is 17.5 Å². The number of nitrogens with zero attached hydrogens (tertiary/aromatic N) is 2. The number of rotatable bonds is 6. The van der Waals surface area contributed by atoms with Gasteiger partial charge in [-0.1, -0.05) is 19.3 Å². The number of carbonyl (C=O) groups excluding carboxylic acids is 2. The molecule has 0 aromatic carbocycles. The van der Waals surface area contributed by atoms with E-state index in [0.29, 0.717) is 12.8 Å². The molecule has 20 heavy (non-hydrogen) atoms. The second-order valence-electron chi connectivity index (χ2n) is 4.81. The normalized spacial score (nSPS) is 18.8. The molecule has 0 aromatic rings. The van der Waals surface area contributed by atoms with Gasteiger partial charge in [-0.2, -0.15) is 4.79 Å². The number of esters is 1. The molecule has 1 rings (SSSR count). The molecule has 0 heterocycles. The predicted molar refractivity (Wildman–Crippen MR) is 69.1 cm³/mol. The fraction of sp³-hybridized carbons (Fsp3) is 0.769. The smallest absolute Gasteiger partial charge is 0.444 e. The van der Waals surface area contributed by atoms with Gasteiger partial charge in [0.2, 0.25) is 0 Å². The molecule has 1 fully saturated rings. The fourth-order valence-corrected chi connectivity index (χ4v) is 2.51. The second kappa shape index (κ2) is 7.28. The highest BCUT2D eigenvalue weighted by molar-refractivity contribution is 6.63. The molecule has 0 bridgehead atoms. The molecular weight excluding hydrogens is 264 g/mol. The van der Waals surface area contributed by atoms with Crippen LogP contribution in [0.2, 0.25) is 0 Å². The Hall–Kier alpha value is -1.56. The highest BCUT2D eigenvalue weighted by atomic mass is 16.5.